The molecular weight excluding hydrogens is 128 g/mol. The van der Waals surface area contributed by atoms with E-state index in [0.29, 0.717) is 11.8 Å². The summed E-state index contributed by atoms with van der Waals surface area (Å²) in [5.74, 6) is 0.975. The number of ether oxygens (including phenoxy) is 1. The van der Waals surface area contributed by atoms with Gasteiger partial charge < -0.3 is 9.84 Å². The zero-order valence-electron chi connectivity index (χ0n) is 6.71. The fourth-order valence-electron chi connectivity index (χ4n) is 1.36. The number of hydrogen-bond acceptors (Lipinski definition) is 2. The van der Waals surface area contributed by atoms with Gasteiger partial charge in [0.2, 0.25) is 0 Å². The molecule has 0 aromatic rings. The molecule has 1 heterocycles. The van der Waals surface area contributed by atoms with E-state index in [9.17, 15) is 5.11 Å². The lowest BCUT2D eigenvalue weighted by molar-refractivity contribution is 0.0883. The maximum absolute atomic E-state index is 9.23. The van der Waals surface area contributed by atoms with E-state index in [4.69, 9.17) is 4.74 Å². The van der Waals surface area contributed by atoms with Gasteiger partial charge in [-0.3, -0.25) is 0 Å². The molecule has 1 aliphatic heterocycles. The highest BCUT2D eigenvalue weighted by molar-refractivity contribution is 4.73. The second-order valence-electron chi connectivity index (χ2n) is 3.22. The van der Waals surface area contributed by atoms with Gasteiger partial charge in [-0.1, -0.05) is 6.92 Å². The van der Waals surface area contributed by atoms with Crippen molar-refractivity contribution in [3.8, 4) is 0 Å². The summed E-state index contributed by atoms with van der Waals surface area (Å²) in [6.07, 6.45) is 0.929. The average molecular weight is 144 g/mol. The Bertz CT molecular complexity index is 95.4. The summed E-state index contributed by atoms with van der Waals surface area (Å²) in [6, 6.07) is 0. The molecule has 3 atom stereocenters. The summed E-state index contributed by atoms with van der Waals surface area (Å²) in [7, 11) is 0. The molecule has 0 bridgehead atoms. The lowest BCUT2D eigenvalue weighted by Gasteiger charge is -2.19. The lowest BCUT2D eigenvalue weighted by atomic mass is 9.89. The fraction of sp³-hybridized carbons (Fsp3) is 1.00. The molecule has 1 rings (SSSR count). The molecule has 0 saturated carbocycles. The zero-order valence-corrected chi connectivity index (χ0v) is 6.71. The molecule has 1 N–H and O–H groups in total. The molecule has 1 aliphatic rings. The first kappa shape index (κ1) is 8.02. The van der Waals surface area contributed by atoms with Crippen molar-refractivity contribution < 1.29 is 9.84 Å². The Morgan fingerprint density at radius 2 is 2.20 bits per heavy atom. The molecule has 10 heavy (non-hydrogen) atoms. The third-order valence-electron chi connectivity index (χ3n) is 2.47. The van der Waals surface area contributed by atoms with Gasteiger partial charge in [0.15, 0.2) is 0 Å². The molecule has 3 unspecified atom stereocenters. The van der Waals surface area contributed by atoms with Crippen LogP contribution < -0.4 is 0 Å². The van der Waals surface area contributed by atoms with Crippen LogP contribution in [-0.4, -0.2) is 24.4 Å². The SMILES string of the molecule is CC(O)C(C)C1CCOC1. The van der Waals surface area contributed by atoms with E-state index in [1.54, 1.807) is 0 Å². The van der Waals surface area contributed by atoms with Crippen molar-refractivity contribution in [1.82, 2.24) is 0 Å². The van der Waals surface area contributed by atoms with E-state index in [1.807, 2.05) is 6.92 Å². The van der Waals surface area contributed by atoms with Crippen molar-refractivity contribution in [2.75, 3.05) is 13.2 Å². The smallest absolute Gasteiger partial charge is 0.0541 e. The second kappa shape index (κ2) is 3.35. The molecule has 0 amide bonds. The van der Waals surface area contributed by atoms with Crippen LogP contribution >= 0.6 is 0 Å². The summed E-state index contributed by atoms with van der Waals surface area (Å²) >= 11 is 0. The van der Waals surface area contributed by atoms with E-state index in [2.05, 4.69) is 6.92 Å². The first-order valence-electron chi connectivity index (χ1n) is 3.97. The van der Waals surface area contributed by atoms with Gasteiger partial charge in [-0.15, -0.1) is 0 Å². The van der Waals surface area contributed by atoms with Crippen molar-refractivity contribution in [3.05, 3.63) is 0 Å². The molecule has 0 aliphatic carbocycles. The van der Waals surface area contributed by atoms with E-state index in [1.165, 1.54) is 0 Å². The van der Waals surface area contributed by atoms with Crippen molar-refractivity contribution in [2.45, 2.75) is 26.4 Å². The van der Waals surface area contributed by atoms with Gasteiger partial charge in [-0.25, -0.2) is 0 Å². The molecule has 2 heteroatoms. The predicted molar refractivity (Wildman–Crippen MR) is 39.8 cm³/mol. The summed E-state index contributed by atoms with van der Waals surface area (Å²) in [4.78, 5) is 0. The standard InChI is InChI=1S/C8H16O2/c1-6(7(2)9)8-3-4-10-5-8/h6-9H,3-5H2,1-2H3. The van der Waals surface area contributed by atoms with E-state index >= 15 is 0 Å². The van der Waals surface area contributed by atoms with Crippen LogP contribution in [0, 0.1) is 11.8 Å². The summed E-state index contributed by atoms with van der Waals surface area (Å²) in [5, 5.41) is 9.23. The minimum absolute atomic E-state index is 0.188. The van der Waals surface area contributed by atoms with Crippen LogP contribution in [0.2, 0.25) is 0 Å². The maximum atomic E-state index is 9.23. The van der Waals surface area contributed by atoms with Crippen LogP contribution in [0.15, 0.2) is 0 Å². The highest BCUT2D eigenvalue weighted by Gasteiger charge is 2.24. The van der Waals surface area contributed by atoms with Crippen molar-refractivity contribution in [1.29, 1.82) is 0 Å². The highest BCUT2D eigenvalue weighted by Crippen LogP contribution is 2.23. The number of aliphatic hydroxyl groups excluding tert-OH is 1. The Labute approximate surface area is 62.2 Å². The Kier molecular flexibility index (Phi) is 2.69. The predicted octanol–water partition coefficient (Wildman–Crippen LogP) is 1.04. The van der Waals surface area contributed by atoms with Crippen LogP contribution in [0.3, 0.4) is 0 Å². The molecule has 1 fully saturated rings. The monoisotopic (exact) mass is 144 g/mol. The molecule has 0 aromatic carbocycles. The average Bonchev–Trinajstić information content (AvgIpc) is 2.36. The fourth-order valence-corrected chi connectivity index (χ4v) is 1.36. The van der Waals surface area contributed by atoms with Crippen LogP contribution in [0.25, 0.3) is 0 Å². The lowest BCUT2D eigenvalue weighted by Crippen LogP contribution is -2.22. The van der Waals surface area contributed by atoms with Crippen LogP contribution in [-0.2, 0) is 4.74 Å². The minimum atomic E-state index is -0.188. The van der Waals surface area contributed by atoms with Crippen LogP contribution in [0.4, 0.5) is 0 Å². The Hall–Kier alpha value is -0.0800. The topological polar surface area (TPSA) is 29.5 Å². The highest BCUT2D eigenvalue weighted by atomic mass is 16.5. The third-order valence-corrected chi connectivity index (χ3v) is 2.47. The van der Waals surface area contributed by atoms with Crippen molar-refractivity contribution >= 4 is 0 Å². The minimum Gasteiger partial charge on any atom is -0.393 e. The van der Waals surface area contributed by atoms with Crippen molar-refractivity contribution in [2.24, 2.45) is 11.8 Å². The largest absolute Gasteiger partial charge is 0.393 e. The number of hydrogen-bond donors (Lipinski definition) is 1. The quantitative estimate of drug-likeness (QED) is 0.627. The molecule has 0 spiro atoms. The molecule has 2 nitrogen and oxygen atoms in total. The van der Waals surface area contributed by atoms with Crippen molar-refractivity contribution in [3.63, 3.8) is 0 Å². The number of aliphatic hydroxyl groups is 1. The van der Waals surface area contributed by atoms with Gasteiger partial charge in [0.25, 0.3) is 0 Å². The molecular formula is C8H16O2. The third kappa shape index (κ3) is 1.70. The van der Waals surface area contributed by atoms with E-state index < -0.39 is 0 Å². The van der Waals surface area contributed by atoms with Gasteiger partial charge in [0, 0.05) is 13.2 Å². The van der Waals surface area contributed by atoms with Gasteiger partial charge in [0.05, 0.1) is 6.10 Å². The number of rotatable bonds is 2. The molecule has 0 radical (unpaired) electrons. The second-order valence-corrected chi connectivity index (χ2v) is 3.22. The summed E-state index contributed by atoms with van der Waals surface area (Å²) in [6.45, 7) is 5.65. The summed E-state index contributed by atoms with van der Waals surface area (Å²) in [5.41, 5.74) is 0. The Balaban J connectivity index is 2.32. The zero-order chi connectivity index (χ0) is 7.56. The normalized spacial score (nSPS) is 32.1. The molecule has 60 valence electrons. The summed E-state index contributed by atoms with van der Waals surface area (Å²) < 4.78 is 5.22. The van der Waals surface area contributed by atoms with E-state index in [0.717, 1.165) is 19.6 Å². The maximum Gasteiger partial charge on any atom is 0.0541 e. The van der Waals surface area contributed by atoms with Crippen LogP contribution in [0.5, 0.6) is 0 Å². The van der Waals surface area contributed by atoms with Gasteiger partial charge in [0.1, 0.15) is 0 Å². The molecule has 0 aromatic heterocycles. The Morgan fingerprint density at radius 3 is 2.60 bits per heavy atom. The van der Waals surface area contributed by atoms with Gasteiger partial charge in [-0.05, 0) is 25.2 Å². The van der Waals surface area contributed by atoms with Crippen LogP contribution in [0.1, 0.15) is 20.3 Å². The van der Waals surface area contributed by atoms with Gasteiger partial charge in [-0.2, -0.15) is 0 Å². The van der Waals surface area contributed by atoms with E-state index in [-0.39, 0.29) is 6.10 Å². The van der Waals surface area contributed by atoms with Gasteiger partial charge >= 0.3 is 0 Å². The molecule has 1 saturated heterocycles. The first-order chi connectivity index (χ1) is 4.72. The first-order valence-corrected chi connectivity index (χ1v) is 3.97. The Morgan fingerprint density at radius 1 is 1.50 bits per heavy atom.